The van der Waals surface area contributed by atoms with Crippen LogP contribution < -0.4 is 15.7 Å². The van der Waals surface area contributed by atoms with Gasteiger partial charge in [-0.15, -0.1) is 0 Å². The molecule has 3 aromatic rings. The minimum Gasteiger partial charge on any atom is -0.495 e. The normalized spacial score (nSPS) is 11.1. The fraction of sp³-hybridized carbons (Fsp3) is 0.200. The zero-order valence-corrected chi connectivity index (χ0v) is 15.3. The van der Waals surface area contributed by atoms with Gasteiger partial charge < -0.3 is 4.74 Å². The van der Waals surface area contributed by atoms with Crippen LogP contribution >= 0.6 is 0 Å². The van der Waals surface area contributed by atoms with E-state index in [0.29, 0.717) is 11.3 Å². The van der Waals surface area contributed by atoms with Crippen molar-refractivity contribution >= 4 is 11.9 Å². The number of methoxy groups -OCH3 is 1. The first-order chi connectivity index (χ1) is 12.5. The second kappa shape index (κ2) is 7.31. The van der Waals surface area contributed by atoms with Crippen LogP contribution in [0.1, 0.15) is 22.4 Å². The Kier molecular flexibility index (Phi) is 4.93. The first kappa shape index (κ1) is 17.5. The van der Waals surface area contributed by atoms with E-state index >= 15 is 0 Å². The fourth-order valence-corrected chi connectivity index (χ4v) is 2.64. The molecule has 1 heterocycles. The molecule has 3 rings (SSSR count). The third kappa shape index (κ3) is 3.54. The van der Waals surface area contributed by atoms with Crippen molar-refractivity contribution in [3.63, 3.8) is 0 Å². The maximum absolute atomic E-state index is 12.7. The summed E-state index contributed by atoms with van der Waals surface area (Å²) in [7, 11) is 1.61. The van der Waals surface area contributed by atoms with Gasteiger partial charge in [0.05, 0.1) is 30.3 Å². The number of anilines is 1. The molecule has 134 valence electrons. The first-order valence-corrected chi connectivity index (χ1v) is 8.32. The Labute approximate surface area is 152 Å². The Hall–Kier alpha value is -3.28. The minimum atomic E-state index is -0.146. The molecule has 2 N–H and O–H groups in total. The molecule has 2 aromatic carbocycles. The fourth-order valence-electron chi connectivity index (χ4n) is 2.64. The average molecular weight is 350 g/mol. The van der Waals surface area contributed by atoms with Crippen LogP contribution in [0.15, 0.2) is 52.4 Å². The lowest BCUT2D eigenvalue weighted by molar-refractivity contribution is 0.416. The summed E-state index contributed by atoms with van der Waals surface area (Å²) in [6, 6.07) is 13.5. The summed E-state index contributed by atoms with van der Waals surface area (Å²) in [5, 5.41) is 7.29. The molecule has 0 radical (unpaired) electrons. The van der Waals surface area contributed by atoms with Crippen LogP contribution in [0.5, 0.6) is 5.75 Å². The Morgan fingerprint density at radius 3 is 2.46 bits per heavy atom. The van der Waals surface area contributed by atoms with Gasteiger partial charge in [-0.2, -0.15) is 5.10 Å². The van der Waals surface area contributed by atoms with Gasteiger partial charge in [-0.05, 0) is 50.6 Å². The van der Waals surface area contributed by atoms with Gasteiger partial charge in [0, 0.05) is 5.69 Å². The van der Waals surface area contributed by atoms with Crippen molar-refractivity contribution in [1.82, 2.24) is 9.78 Å². The van der Waals surface area contributed by atoms with Gasteiger partial charge >= 0.3 is 0 Å². The van der Waals surface area contributed by atoms with Crippen molar-refractivity contribution in [2.45, 2.75) is 20.8 Å². The number of aromatic nitrogens is 2. The van der Waals surface area contributed by atoms with Crippen LogP contribution in [-0.4, -0.2) is 23.1 Å². The number of nitrogens with zero attached hydrogens (tertiary/aromatic N) is 2. The van der Waals surface area contributed by atoms with Crippen LogP contribution in [0.25, 0.3) is 5.69 Å². The summed E-state index contributed by atoms with van der Waals surface area (Å²) < 4.78 is 6.86. The Morgan fingerprint density at radius 1 is 1.08 bits per heavy atom. The van der Waals surface area contributed by atoms with Gasteiger partial charge in [-0.3, -0.25) is 15.3 Å². The maximum Gasteiger partial charge on any atom is 0.280 e. The number of hydrogen-bond acceptors (Lipinski definition) is 4. The third-order valence-electron chi connectivity index (χ3n) is 4.14. The molecule has 1 aromatic heterocycles. The summed E-state index contributed by atoms with van der Waals surface area (Å²) in [6.45, 7) is 5.85. The van der Waals surface area contributed by atoms with Crippen LogP contribution in [-0.2, 0) is 0 Å². The van der Waals surface area contributed by atoms with Crippen molar-refractivity contribution in [2.75, 3.05) is 12.5 Å². The molecule has 0 spiro atoms. The predicted octanol–water partition coefficient (Wildman–Crippen LogP) is 3.55. The molecule has 6 heteroatoms. The SMILES string of the molecule is COc1cc(C)ccc1N/N=C/c1c(C)[nH]n(-c2ccc(C)cc2)c1=O. The molecule has 0 aliphatic heterocycles. The summed E-state index contributed by atoms with van der Waals surface area (Å²) in [5.74, 6) is 0.699. The van der Waals surface area contributed by atoms with Crippen molar-refractivity contribution in [2.24, 2.45) is 5.10 Å². The lowest BCUT2D eigenvalue weighted by Crippen LogP contribution is -2.17. The highest BCUT2D eigenvalue weighted by Gasteiger charge is 2.10. The van der Waals surface area contributed by atoms with Crippen LogP contribution in [0.4, 0.5) is 5.69 Å². The molecule has 6 nitrogen and oxygen atoms in total. The Balaban J connectivity index is 1.86. The van der Waals surface area contributed by atoms with Gasteiger partial charge in [0.2, 0.25) is 0 Å². The van der Waals surface area contributed by atoms with Gasteiger partial charge in [0.15, 0.2) is 0 Å². The lowest BCUT2D eigenvalue weighted by atomic mass is 10.2. The molecule has 0 bridgehead atoms. The summed E-state index contributed by atoms with van der Waals surface area (Å²) >= 11 is 0. The standard InChI is InChI=1S/C20H22N4O2/c1-13-5-8-16(9-6-13)24-20(25)17(15(3)23-24)12-21-22-18-10-7-14(2)11-19(18)26-4/h5-12,22-23H,1-4H3/b21-12+. The largest absolute Gasteiger partial charge is 0.495 e. The number of aromatic amines is 1. The minimum absolute atomic E-state index is 0.146. The van der Waals surface area contributed by atoms with Crippen LogP contribution in [0, 0.1) is 20.8 Å². The topological polar surface area (TPSA) is 71.4 Å². The van der Waals surface area contributed by atoms with Gasteiger partial charge in [-0.1, -0.05) is 23.8 Å². The molecule has 26 heavy (non-hydrogen) atoms. The van der Waals surface area contributed by atoms with Crippen molar-refractivity contribution in [1.29, 1.82) is 0 Å². The number of aryl methyl sites for hydroxylation is 3. The van der Waals surface area contributed by atoms with E-state index < -0.39 is 0 Å². The van der Waals surface area contributed by atoms with E-state index in [2.05, 4.69) is 15.6 Å². The quantitative estimate of drug-likeness (QED) is 0.546. The van der Waals surface area contributed by atoms with E-state index in [1.54, 1.807) is 7.11 Å². The maximum atomic E-state index is 12.7. The van der Waals surface area contributed by atoms with E-state index in [1.807, 2.05) is 63.2 Å². The number of benzene rings is 2. The summed E-state index contributed by atoms with van der Waals surface area (Å²) in [6.07, 6.45) is 1.53. The monoisotopic (exact) mass is 350 g/mol. The third-order valence-corrected chi connectivity index (χ3v) is 4.14. The van der Waals surface area contributed by atoms with E-state index in [-0.39, 0.29) is 5.56 Å². The number of rotatable bonds is 5. The first-order valence-electron chi connectivity index (χ1n) is 8.32. The van der Waals surface area contributed by atoms with E-state index in [1.165, 1.54) is 10.9 Å². The average Bonchev–Trinajstić information content (AvgIpc) is 2.91. The molecule has 0 aliphatic carbocycles. The van der Waals surface area contributed by atoms with Gasteiger partial charge in [0.25, 0.3) is 5.56 Å². The van der Waals surface area contributed by atoms with Crippen molar-refractivity contribution < 1.29 is 4.74 Å². The molecule has 0 unspecified atom stereocenters. The van der Waals surface area contributed by atoms with E-state index in [9.17, 15) is 4.79 Å². The van der Waals surface area contributed by atoms with Gasteiger partial charge in [0.1, 0.15) is 5.75 Å². The van der Waals surface area contributed by atoms with Gasteiger partial charge in [-0.25, -0.2) is 4.68 Å². The zero-order chi connectivity index (χ0) is 18.7. The molecular formula is C20H22N4O2. The van der Waals surface area contributed by atoms with Crippen molar-refractivity contribution in [3.05, 3.63) is 75.2 Å². The number of H-pyrrole nitrogens is 1. The molecule has 0 fully saturated rings. The molecule has 0 saturated carbocycles. The highest BCUT2D eigenvalue weighted by Crippen LogP contribution is 2.25. The van der Waals surface area contributed by atoms with Crippen molar-refractivity contribution in [3.8, 4) is 11.4 Å². The summed E-state index contributed by atoms with van der Waals surface area (Å²) in [4.78, 5) is 12.7. The predicted molar refractivity (Wildman–Crippen MR) is 105 cm³/mol. The molecule has 0 amide bonds. The molecule has 0 saturated heterocycles. The molecular weight excluding hydrogens is 328 g/mol. The zero-order valence-electron chi connectivity index (χ0n) is 15.3. The number of hydrazone groups is 1. The van der Waals surface area contributed by atoms with Crippen LogP contribution in [0.2, 0.25) is 0 Å². The number of hydrogen-bond donors (Lipinski definition) is 2. The highest BCUT2D eigenvalue weighted by atomic mass is 16.5. The smallest absolute Gasteiger partial charge is 0.280 e. The lowest BCUT2D eigenvalue weighted by Gasteiger charge is -2.08. The summed E-state index contributed by atoms with van der Waals surface area (Å²) in [5.41, 5.74) is 7.80. The Bertz CT molecular complexity index is 998. The Morgan fingerprint density at radius 2 is 1.77 bits per heavy atom. The van der Waals surface area contributed by atoms with E-state index in [4.69, 9.17) is 4.74 Å². The molecule has 0 aliphatic rings. The van der Waals surface area contributed by atoms with Crippen LogP contribution in [0.3, 0.4) is 0 Å². The second-order valence-electron chi connectivity index (χ2n) is 6.20. The number of ether oxygens (including phenoxy) is 1. The molecule has 0 atom stereocenters. The highest BCUT2D eigenvalue weighted by molar-refractivity contribution is 5.81. The van der Waals surface area contributed by atoms with E-state index in [0.717, 1.165) is 28.2 Å². The second-order valence-corrected chi connectivity index (χ2v) is 6.20. The number of nitrogens with one attached hydrogen (secondary N) is 2.